The van der Waals surface area contributed by atoms with Crippen LogP contribution < -0.4 is 0 Å². The number of rotatable bonds is 4. The van der Waals surface area contributed by atoms with Gasteiger partial charge in [-0.1, -0.05) is 84.9 Å². The lowest BCUT2D eigenvalue weighted by molar-refractivity contribution is 0.587. The Morgan fingerprint density at radius 2 is 0.833 bits per heavy atom. The van der Waals surface area contributed by atoms with E-state index in [0.717, 1.165) is 44.5 Å². The maximum atomic E-state index is 6.16. The van der Waals surface area contributed by atoms with E-state index in [0.29, 0.717) is 11.8 Å². The molecule has 7 aromatic rings. The van der Waals surface area contributed by atoms with Crippen molar-refractivity contribution < 1.29 is 8.83 Å². The summed E-state index contributed by atoms with van der Waals surface area (Å²) >= 11 is 0. The normalized spacial score (nSPS) is 11.3. The van der Waals surface area contributed by atoms with Crippen LogP contribution in [-0.4, -0.2) is 9.97 Å². The second kappa shape index (κ2) is 8.36. The van der Waals surface area contributed by atoms with E-state index in [2.05, 4.69) is 58.5 Å². The largest absolute Gasteiger partial charge is 0.436 e. The van der Waals surface area contributed by atoms with Crippen LogP contribution in [-0.2, 0) is 0 Å². The third kappa shape index (κ3) is 3.48. The number of fused-ring (bicyclic) bond motifs is 2. The molecule has 0 amide bonds. The second-order valence-corrected chi connectivity index (χ2v) is 8.69. The predicted octanol–water partition coefficient (Wildman–Crippen LogP) is 8.64. The van der Waals surface area contributed by atoms with Gasteiger partial charge in [-0.15, -0.1) is 0 Å². The Labute approximate surface area is 207 Å². The van der Waals surface area contributed by atoms with Gasteiger partial charge < -0.3 is 8.83 Å². The zero-order valence-corrected chi connectivity index (χ0v) is 19.3. The first-order valence-electron chi connectivity index (χ1n) is 11.8. The lowest BCUT2D eigenvalue weighted by atomic mass is 10.0. The highest BCUT2D eigenvalue weighted by Gasteiger charge is 2.14. The fourth-order valence-corrected chi connectivity index (χ4v) is 4.70. The molecule has 2 aromatic heterocycles. The minimum absolute atomic E-state index is 0.577. The van der Waals surface area contributed by atoms with Gasteiger partial charge in [-0.2, -0.15) is 0 Å². The quantitative estimate of drug-likeness (QED) is 0.262. The van der Waals surface area contributed by atoms with Crippen LogP contribution in [0, 0.1) is 0 Å². The highest BCUT2D eigenvalue weighted by molar-refractivity contribution is 5.96. The smallest absolute Gasteiger partial charge is 0.226 e. The number of hydrogen-bond acceptors (Lipinski definition) is 4. The zero-order valence-electron chi connectivity index (χ0n) is 19.3. The van der Waals surface area contributed by atoms with Gasteiger partial charge in [0.25, 0.3) is 0 Å². The molecule has 0 spiro atoms. The van der Waals surface area contributed by atoms with Gasteiger partial charge in [0.15, 0.2) is 11.5 Å². The van der Waals surface area contributed by atoms with Gasteiger partial charge in [0.1, 0.15) is 0 Å². The third-order valence-corrected chi connectivity index (χ3v) is 6.50. The molecule has 0 bridgehead atoms. The molecule has 0 N–H and O–H groups in total. The number of hydrogen-bond donors (Lipinski definition) is 0. The molecule has 7 rings (SSSR count). The summed E-state index contributed by atoms with van der Waals surface area (Å²) in [7, 11) is 0. The van der Waals surface area contributed by atoms with E-state index in [1.807, 2.05) is 60.7 Å². The Kier molecular flexibility index (Phi) is 4.74. The molecule has 0 aliphatic heterocycles. The summed E-state index contributed by atoms with van der Waals surface area (Å²) in [4.78, 5) is 9.08. The van der Waals surface area contributed by atoms with Gasteiger partial charge in [-0.05, 0) is 45.8 Å². The van der Waals surface area contributed by atoms with Gasteiger partial charge in [0.05, 0.1) is 12.4 Å². The Morgan fingerprint density at radius 3 is 1.31 bits per heavy atom. The molecule has 0 aliphatic carbocycles. The van der Waals surface area contributed by atoms with Crippen LogP contribution in [0.25, 0.3) is 67.1 Å². The summed E-state index contributed by atoms with van der Waals surface area (Å²) in [5.41, 5.74) is 3.85. The van der Waals surface area contributed by atoms with Crippen LogP contribution in [0.15, 0.2) is 130 Å². The molecule has 0 radical (unpaired) electrons. The molecule has 2 heterocycles. The number of aromatic nitrogens is 2. The van der Waals surface area contributed by atoms with E-state index in [1.54, 1.807) is 12.4 Å². The molecule has 4 heteroatoms. The topological polar surface area (TPSA) is 52.1 Å². The Bertz CT molecular complexity index is 1700. The first kappa shape index (κ1) is 20.4. The Balaban J connectivity index is 1.18. The molecule has 0 fully saturated rings. The molecule has 0 aliphatic rings. The first-order chi connectivity index (χ1) is 17.8. The Hall–Kier alpha value is -4.96. The number of oxazole rings is 2. The molecular weight excluding hydrogens is 444 g/mol. The molecule has 0 unspecified atom stereocenters. The minimum atomic E-state index is 0.577. The second-order valence-electron chi connectivity index (χ2n) is 8.69. The third-order valence-electron chi connectivity index (χ3n) is 6.50. The van der Waals surface area contributed by atoms with Crippen molar-refractivity contribution in [3.8, 4) is 45.6 Å². The molecule has 36 heavy (non-hydrogen) atoms. The van der Waals surface area contributed by atoms with Crippen LogP contribution in [0.1, 0.15) is 0 Å². The molecule has 0 saturated heterocycles. The van der Waals surface area contributed by atoms with Crippen molar-refractivity contribution in [3.05, 3.63) is 122 Å². The molecule has 0 atom stereocenters. The van der Waals surface area contributed by atoms with Crippen molar-refractivity contribution in [2.45, 2.75) is 0 Å². The summed E-state index contributed by atoms with van der Waals surface area (Å²) in [6.45, 7) is 0. The first-order valence-corrected chi connectivity index (χ1v) is 11.8. The van der Waals surface area contributed by atoms with Crippen LogP contribution >= 0.6 is 0 Å². The van der Waals surface area contributed by atoms with Gasteiger partial charge in [0.2, 0.25) is 11.8 Å². The zero-order chi connectivity index (χ0) is 23.9. The van der Waals surface area contributed by atoms with Gasteiger partial charge in [-0.3, -0.25) is 0 Å². The average Bonchev–Trinajstić information content (AvgIpc) is 3.63. The lowest BCUT2D eigenvalue weighted by Gasteiger charge is -2.03. The molecule has 5 aromatic carbocycles. The molecule has 170 valence electrons. The van der Waals surface area contributed by atoms with Crippen LogP contribution in [0.4, 0.5) is 0 Å². The average molecular weight is 465 g/mol. The summed E-state index contributed by atoms with van der Waals surface area (Å²) < 4.78 is 12.3. The van der Waals surface area contributed by atoms with Crippen molar-refractivity contribution in [2.24, 2.45) is 0 Å². The predicted molar refractivity (Wildman–Crippen MR) is 143 cm³/mol. The standard InChI is InChI=1S/C32H20N2O2/c1-3-11-25-21(7-1)9-5-13-27(25)29-19-33-31(35-29)23-15-17-24(18-16-23)32-34-20-30(36-32)28-14-6-10-22-8-2-4-12-26(22)28/h1-20H. The highest BCUT2D eigenvalue weighted by atomic mass is 16.4. The van der Waals surface area contributed by atoms with Crippen LogP contribution in [0.2, 0.25) is 0 Å². The number of nitrogens with zero attached hydrogens (tertiary/aromatic N) is 2. The van der Waals surface area contributed by atoms with Crippen LogP contribution in [0.3, 0.4) is 0 Å². The van der Waals surface area contributed by atoms with E-state index >= 15 is 0 Å². The lowest BCUT2D eigenvalue weighted by Crippen LogP contribution is -1.80. The number of benzene rings is 5. The van der Waals surface area contributed by atoms with Crippen molar-refractivity contribution in [2.75, 3.05) is 0 Å². The molecular formula is C32H20N2O2. The van der Waals surface area contributed by atoms with Crippen LogP contribution in [0.5, 0.6) is 0 Å². The van der Waals surface area contributed by atoms with E-state index in [4.69, 9.17) is 8.83 Å². The van der Waals surface area contributed by atoms with Crippen molar-refractivity contribution in [1.82, 2.24) is 9.97 Å². The SMILES string of the molecule is c1ccc2c(-c3cnc(-c4ccc(-c5ncc(-c6cccc7ccccc67)o5)cc4)o3)cccc2c1. The fourth-order valence-electron chi connectivity index (χ4n) is 4.70. The highest BCUT2D eigenvalue weighted by Crippen LogP contribution is 2.34. The van der Waals surface area contributed by atoms with Gasteiger partial charge >= 0.3 is 0 Å². The summed E-state index contributed by atoms with van der Waals surface area (Å²) in [6.07, 6.45) is 3.57. The summed E-state index contributed by atoms with van der Waals surface area (Å²) in [5.74, 6) is 2.65. The molecule has 4 nitrogen and oxygen atoms in total. The van der Waals surface area contributed by atoms with E-state index in [9.17, 15) is 0 Å². The van der Waals surface area contributed by atoms with Crippen molar-refractivity contribution in [1.29, 1.82) is 0 Å². The maximum absolute atomic E-state index is 6.16. The van der Waals surface area contributed by atoms with E-state index in [1.165, 1.54) is 10.8 Å². The van der Waals surface area contributed by atoms with E-state index < -0.39 is 0 Å². The molecule has 0 saturated carbocycles. The van der Waals surface area contributed by atoms with E-state index in [-0.39, 0.29) is 0 Å². The van der Waals surface area contributed by atoms with Crippen molar-refractivity contribution in [3.63, 3.8) is 0 Å². The minimum Gasteiger partial charge on any atom is -0.436 e. The Morgan fingerprint density at radius 1 is 0.417 bits per heavy atom. The summed E-state index contributed by atoms with van der Waals surface area (Å²) in [6, 6.07) is 36.9. The fraction of sp³-hybridized carbons (Fsp3) is 0. The maximum Gasteiger partial charge on any atom is 0.226 e. The van der Waals surface area contributed by atoms with Gasteiger partial charge in [-0.25, -0.2) is 9.97 Å². The van der Waals surface area contributed by atoms with Crippen molar-refractivity contribution >= 4 is 21.5 Å². The monoisotopic (exact) mass is 464 g/mol. The summed E-state index contributed by atoms with van der Waals surface area (Å²) in [5, 5.41) is 4.63. The van der Waals surface area contributed by atoms with Gasteiger partial charge in [0, 0.05) is 22.3 Å².